The molecule has 0 atom stereocenters. The Morgan fingerprint density at radius 2 is 1.88 bits per heavy atom. The van der Waals surface area contributed by atoms with Gasteiger partial charge in [0.1, 0.15) is 0 Å². The van der Waals surface area contributed by atoms with Crippen LogP contribution < -0.4 is 5.32 Å². The van der Waals surface area contributed by atoms with Gasteiger partial charge in [0, 0.05) is 6.42 Å². The van der Waals surface area contributed by atoms with E-state index in [0.29, 0.717) is 6.42 Å². The lowest BCUT2D eigenvalue weighted by molar-refractivity contribution is -0.588. The predicted octanol–water partition coefficient (Wildman–Crippen LogP) is 2.70. The van der Waals surface area contributed by atoms with Gasteiger partial charge in [-0.1, -0.05) is 25.5 Å². The maximum absolute atomic E-state index is 10.2. The van der Waals surface area contributed by atoms with Gasteiger partial charge in [0.25, 0.3) is 0 Å². The molecule has 0 saturated heterocycles. The number of carbonyl (C=O) groups is 1. The summed E-state index contributed by atoms with van der Waals surface area (Å²) in [5, 5.41) is 10.5. The van der Waals surface area contributed by atoms with Crippen molar-refractivity contribution in [1.29, 1.82) is 0 Å². The number of rotatable bonds is 8. The summed E-state index contributed by atoms with van der Waals surface area (Å²) in [5.74, 6) is -0.692. The van der Waals surface area contributed by atoms with E-state index in [9.17, 15) is 4.79 Å². The molecule has 0 aliphatic rings. The van der Waals surface area contributed by atoms with E-state index in [2.05, 4.69) is 30.6 Å². The summed E-state index contributed by atoms with van der Waals surface area (Å²) in [6.45, 7) is 9.12. The van der Waals surface area contributed by atoms with Gasteiger partial charge < -0.3 is 10.4 Å². The molecule has 0 aromatic carbocycles. The van der Waals surface area contributed by atoms with Crippen LogP contribution in [0, 0.1) is 0 Å². The van der Waals surface area contributed by atoms with E-state index in [1.54, 1.807) is 0 Å². The van der Waals surface area contributed by atoms with E-state index in [4.69, 9.17) is 5.11 Å². The monoisotopic (exact) mass is 242 g/mol. The molecule has 0 aromatic rings. The molecule has 0 aliphatic heterocycles. The lowest BCUT2D eigenvalue weighted by Crippen LogP contribution is -2.78. The Bertz CT molecular complexity index is 232. The van der Waals surface area contributed by atoms with Crippen molar-refractivity contribution < 1.29 is 15.2 Å². The van der Waals surface area contributed by atoms with Crippen LogP contribution in [0.1, 0.15) is 53.4 Å². The van der Waals surface area contributed by atoms with Crippen LogP contribution in [0.4, 0.5) is 0 Å². The third kappa shape index (κ3) is 17.5. The second-order valence-electron chi connectivity index (χ2n) is 3.62. The molecule has 0 spiro atoms. The Morgan fingerprint density at radius 3 is 2.41 bits per heavy atom. The van der Waals surface area contributed by atoms with Gasteiger partial charge in [0.05, 0.1) is 12.7 Å². The Labute approximate surface area is 106 Å². The number of hydrogen-bond donors (Lipinski definition) is 2. The number of unbranched alkanes of at least 4 members (excludes halogenated alkanes) is 2. The fourth-order valence-corrected chi connectivity index (χ4v) is 1.13. The van der Waals surface area contributed by atoms with E-state index in [0.717, 1.165) is 25.8 Å². The highest BCUT2D eigenvalue weighted by Crippen LogP contribution is 1.97. The molecule has 0 aromatic heterocycles. The summed E-state index contributed by atoms with van der Waals surface area (Å²) < 4.78 is 0. The van der Waals surface area contributed by atoms with Crippen LogP contribution in [-0.4, -0.2) is 17.6 Å². The first-order chi connectivity index (χ1) is 8.16. The minimum atomic E-state index is -0.692. The maximum Gasteiger partial charge on any atom is 0.303 e. The van der Waals surface area contributed by atoms with Crippen molar-refractivity contribution in [3.63, 3.8) is 0 Å². The molecular formula is C14H28NO2+. The highest BCUT2D eigenvalue weighted by molar-refractivity contribution is 5.66. The minimum Gasteiger partial charge on any atom is -0.481 e. The number of carboxylic acid groups (broad SMARTS) is 1. The molecule has 3 N–H and O–H groups in total. The zero-order valence-electron chi connectivity index (χ0n) is 11.7. The molecule has 3 heteroatoms. The molecule has 3 nitrogen and oxygen atoms in total. The third-order valence-electron chi connectivity index (χ3n) is 2.21. The van der Waals surface area contributed by atoms with Crippen LogP contribution in [0.3, 0.4) is 0 Å². The number of allylic oxidation sites excluding steroid dienone is 3. The first-order valence-electron chi connectivity index (χ1n) is 6.51. The third-order valence-corrected chi connectivity index (χ3v) is 2.21. The average molecular weight is 242 g/mol. The highest BCUT2D eigenvalue weighted by Gasteiger charge is 1.96. The van der Waals surface area contributed by atoms with Gasteiger partial charge in [-0.3, -0.25) is 4.79 Å². The van der Waals surface area contributed by atoms with Crippen molar-refractivity contribution in [2.24, 2.45) is 0 Å². The molecule has 100 valence electrons. The molecular weight excluding hydrogens is 214 g/mol. The van der Waals surface area contributed by atoms with Gasteiger partial charge >= 0.3 is 5.97 Å². The van der Waals surface area contributed by atoms with Crippen molar-refractivity contribution >= 4 is 5.97 Å². The normalized spacial score (nSPS) is 11.2. The topological polar surface area (TPSA) is 53.9 Å². The van der Waals surface area contributed by atoms with Crippen LogP contribution >= 0.6 is 0 Å². The van der Waals surface area contributed by atoms with E-state index in [-0.39, 0.29) is 0 Å². The van der Waals surface area contributed by atoms with Crippen LogP contribution in [0.2, 0.25) is 0 Å². The van der Waals surface area contributed by atoms with Crippen molar-refractivity contribution in [3.05, 3.63) is 23.9 Å². The van der Waals surface area contributed by atoms with Gasteiger partial charge in [0.15, 0.2) is 0 Å². The lowest BCUT2D eigenvalue weighted by Gasteiger charge is -1.96. The molecule has 0 rings (SSSR count). The van der Waals surface area contributed by atoms with Crippen molar-refractivity contribution in [3.8, 4) is 0 Å². The molecule has 17 heavy (non-hydrogen) atoms. The predicted molar refractivity (Wildman–Crippen MR) is 72.8 cm³/mol. The van der Waals surface area contributed by atoms with Crippen LogP contribution in [-0.2, 0) is 4.79 Å². The van der Waals surface area contributed by atoms with Crippen LogP contribution in [0.25, 0.3) is 0 Å². The van der Waals surface area contributed by atoms with Gasteiger partial charge in [-0.05, 0) is 39.2 Å². The van der Waals surface area contributed by atoms with E-state index >= 15 is 0 Å². The number of quaternary nitrogens is 1. The van der Waals surface area contributed by atoms with Gasteiger partial charge in [-0.25, -0.2) is 0 Å². The molecule has 0 aliphatic carbocycles. The van der Waals surface area contributed by atoms with Crippen LogP contribution in [0.15, 0.2) is 23.9 Å². The Morgan fingerprint density at radius 1 is 1.24 bits per heavy atom. The molecule has 0 radical (unpaired) electrons. The second-order valence-corrected chi connectivity index (χ2v) is 3.62. The zero-order chi connectivity index (χ0) is 13.5. The summed E-state index contributed by atoms with van der Waals surface area (Å²) in [7, 11) is 0. The Balaban J connectivity index is 0. The number of carboxylic acids is 1. The summed E-state index contributed by atoms with van der Waals surface area (Å²) >= 11 is 0. The first kappa shape index (κ1) is 18.3. The number of nitrogens with two attached hydrogens (primary N) is 1. The minimum absolute atomic E-state index is 0.299. The maximum atomic E-state index is 10.2. The van der Waals surface area contributed by atoms with E-state index in [1.807, 2.05) is 20.8 Å². The second kappa shape index (κ2) is 14.9. The summed E-state index contributed by atoms with van der Waals surface area (Å²) in [6.07, 6.45) is 9.38. The molecule has 0 heterocycles. The Hall–Kier alpha value is -1.09. The molecule has 0 fully saturated rings. The Kier molecular flexibility index (Phi) is 16.0. The van der Waals surface area contributed by atoms with Crippen LogP contribution in [0.5, 0.6) is 0 Å². The fraction of sp³-hybridized carbons (Fsp3) is 0.643. The number of hydrogen-bond acceptors (Lipinski definition) is 1. The smallest absolute Gasteiger partial charge is 0.303 e. The summed E-state index contributed by atoms with van der Waals surface area (Å²) in [6, 6.07) is 0. The van der Waals surface area contributed by atoms with Crippen molar-refractivity contribution in [2.45, 2.75) is 53.4 Å². The summed E-state index contributed by atoms with van der Waals surface area (Å²) in [5.41, 5.74) is 1.26. The van der Waals surface area contributed by atoms with E-state index in [1.165, 1.54) is 5.57 Å². The van der Waals surface area contributed by atoms with Gasteiger partial charge in [0.2, 0.25) is 0 Å². The first-order valence-corrected chi connectivity index (χ1v) is 6.51. The SMILES string of the molecule is C/C=C(C)\C=C/[NH2+]CCCCCC(=O)O.CC. The molecule has 0 saturated carbocycles. The van der Waals surface area contributed by atoms with Gasteiger partial charge in [-0.15, -0.1) is 0 Å². The molecule has 0 amide bonds. The van der Waals surface area contributed by atoms with Gasteiger partial charge in [-0.2, -0.15) is 0 Å². The number of aliphatic carboxylic acids is 1. The zero-order valence-corrected chi connectivity index (χ0v) is 11.7. The quantitative estimate of drug-likeness (QED) is 0.508. The lowest BCUT2D eigenvalue weighted by atomic mass is 10.2. The standard InChI is InChI=1S/C12H21NO2.C2H6/c1-3-11(2)8-10-13-9-6-4-5-7-12(14)15;1-2/h3,8,10,13H,4-7,9H2,1-2H3,(H,14,15);1-2H3/p+1/b10-8-,11-3-;. The highest BCUT2D eigenvalue weighted by atomic mass is 16.4. The van der Waals surface area contributed by atoms with E-state index < -0.39 is 5.97 Å². The fourth-order valence-electron chi connectivity index (χ4n) is 1.13. The molecule has 0 unspecified atom stereocenters. The largest absolute Gasteiger partial charge is 0.481 e. The van der Waals surface area contributed by atoms with Crippen molar-refractivity contribution in [2.75, 3.05) is 6.54 Å². The molecule has 0 bridgehead atoms. The average Bonchev–Trinajstić information content (AvgIpc) is 2.34. The summed E-state index contributed by atoms with van der Waals surface area (Å²) in [4.78, 5) is 10.2. The van der Waals surface area contributed by atoms with Crippen molar-refractivity contribution in [1.82, 2.24) is 0 Å².